The maximum Gasteiger partial charge on any atom is 0.246 e. The van der Waals surface area contributed by atoms with Crippen LogP contribution >= 0.6 is 0 Å². The molecular weight excluding hydrogens is 226 g/mol. The fourth-order valence-corrected chi connectivity index (χ4v) is 1.92. The highest BCUT2D eigenvalue weighted by Gasteiger charge is 2.24. The van der Waals surface area contributed by atoms with Crippen LogP contribution in [0.5, 0.6) is 0 Å². The summed E-state index contributed by atoms with van der Waals surface area (Å²) in [5, 5.41) is 0. The van der Waals surface area contributed by atoms with E-state index in [1.807, 2.05) is 44.2 Å². The zero-order valence-electron chi connectivity index (χ0n) is 11.5. The second kappa shape index (κ2) is 6.97. The molecule has 0 aliphatic carbocycles. The quantitative estimate of drug-likeness (QED) is 0.749. The Bertz CT molecular complexity index is 400. The Labute approximate surface area is 109 Å². The molecule has 0 heterocycles. The number of methoxy groups -OCH3 is 1. The van der Waals surface area contributed by atoms with Crippen LogP contribution < -0.4 is 0 Å². The number of rotatable bonds is 5. The van der Waals surface area contributed by atoms with Crippen molar-refractivity contribution >= 4 is 5.91 Å². The number of benzene rings is 1. The summed E-state index contributed by atoms with van der Waals surface area (Å²) in [7, 11) is 3.46. The molecule has 0 N–H and O–H groups in total. The zero-order valence-corrected chi connectivity index (χ0v) is 11.5. The molecule has 98 valence electrons. The van der Waals surface area contributed by atoms with E-state index in [-0.39, 0.29) is 18.1 Å². The molecule has 1 aromatic rings. The maximum atomic E-state index is 11.8. The van der Waals surface area contributed by atoms with Crippen molar-refractivity contribution in [3.05, 3.63) is 48.0 Å². The molecule has 0 aliphatic rings. The number of carbonyl (C=O) groups excluding carboxylic acids is 1. The third-order valence-electron chi connectivity index (χ3n) is 3.09. The van der Waals surface area contributed by atoms with Gasteiger partial charge in [-0.15, -0.1) is 0 Å². The van der Waals surface area contributed by atoms with E-state index in [2.05, 4.69) is 0 Å². The van der Waals surface area contributed by atoms with Crippen LogP contribution in [0.2, 0.25) is 0 Å². The number of carbonyl (C=O) groups is 1. The average molecular weight is 247 g/mol. The van der Waals surface area contributed by atoms with Crippen molar-refractivity contribution in [1.82, 2.24) is 4.90 Å². The van der Waals surface area contributed by atoms with Crippen molar-refractivity contribution in [3.63, 3.8) is 0 Å². The van der Waals surface area contributed by atoms with Crippen LogP contribution in [0.1, 0.15) is 25.5 Å². The molecule has 0 spiro atoms. The number of hydrogen-bond acceptors (Lipinski definition) is 2. The van der Waals surface area contributed by atoms with Crippen LogP contribution in [0.4, 0.5) is 0 Å². The van der Waals surface area contributed by atoms with Gasteiger partial charge in [-0.1, -0.05) is 36.4 Å². The second-order valence-electron chi connectivity index (χ2n) is 4.26. The van der Waals surface area contributed by atoms with Gasteiger partial charge in [0.25, 0.3) is 0 Å². The molecule has 1 amide bonds. The monoisotopic (exact) mass is 247 g/mol. The van der Waals surface area contributed by atoms with E-state index in [1.165, 1.54) is 0 Å². The molecule has 3 nitrogen and oxygen atoms in total. The van der Waals surface area contributed by atoms with Gasteiger partial charge in [-0.2, -0.15) is 0 Å². The van der Waals surface area contributed by atoms with E-state index >= 15 is 0 Å². The first-order valence-corrected chi connectivity index (χ1v) is 6.09. The van der Waals surface area contributed by atoms with Crippen molar-refractivity contribution in [3.8, 4) is 0 Å². The molecule has 1 aromatic carbocycles. The number of hydrogen-bond donors (Lipinski definition) is 0. The molecule has 0 bridgehead atoms. The minimum absolute atomic E-state index is 0.0111. The smallest absolute Gasteiger partial charge is 0.246 e. The summed E-state index contributed by atoms with van der Waals surface area (Å²) in [5.74, 6) is -0.0111. The highest BCUT2D eigenvalue weighted by atomic mass is 16.5. The summed E-state index contributed by atoms with van der Waals surface area (Å²) in [4.78, 5) is 13.5. The lowest BCUT2D eigenvalue weighted by molar-refractivity contribution is -0.129. The van der Waals surface area contributed by atoms with Gasteiger partial charge in [0, 0.05) is 14.2 Å². The minimum atomic E-state index is -0.120. The fraction of sp³-hybridized carbons (Fsp3) is 0.400. The van der Waals surface area contributed by atoms with Gasteiger partial charge in [0.15, 0.2) is 0 Å². The summed E-state index contributed by atoms with van der Waals surface area (Å²) in [6.45, 7) is 3.82. The van der Waals surface area contributed by atoms with Crippen LogP contribution in [0.15, 0.2) is 42.5 Å². The van der Waals surface area contributed by atoms with E-state index in [9.17, 15) is 4.79 Å². The van der Waals surface area contributed by atoms with Crippen LogP contribution in [0.25, 0.3) is 0 Å². The number of likely N-dealkylation sites (N-methyl/N-ethyl adjacent to an activating group) is 1. The number of ether oxygens (including phenoxy) is 1. The molecule has 0 radical (unpaired) electrons. The molecule has 0 aromatic heterocycles. The Morgan fingerprint density at radius 1 is 1.33 bits per heavy atom. The first-order valence-electron chi connectivity index (χ1n) is 6.09. The Hall–Kier alpha value is -1.61. The lowest BCUT2D eigenvalue weighted by atomic mass is 10.0. The van der Waals surface area contributed by atoms with Crippen LogP contribution in [0, 0.1) is 0 Å². The van der Waals surface area contributed by atoms with Gasteiger partial charge in [0.2, 0.25) is 5.91 Å². The first kappa shape index (κ1) is 14.5. The first-order chi connectivity index (χ1) is 8.61. The van der Waals surface area contributed by atoms with Gasteiger partial charge in [-0.05, 0) is 25.5 Å². The van der Waals surface area contributed by atoms with E-state index in [1.54, 1.807) is 31.2 Å². The number of amides is 1. The third kappa shape index (κ3) is 3.44. The highest BCUT2D eigenvalue weighted by Crippen LogP contribution is 2.23. The summed E-state index contributed by atoms with van der Waals surface area (Å²) >= 11 is 0. The van der Waals surface area contributed by atoms with Gasteiger partial charge in [0.05, 0.1) is 6.04 Å². The summed E-state index contributed by atoms with van der Waals surface area (Å²) in [6.07, 6.45) is 3.19. The van der Waals surface area contributed by atoms with Gasteiger partial charge < -0.3 is 9.64 Å². The average Bonchev–Trinajstić information content (AvgIpc) is 2.40. The third-order valence-corrected chi connectivity index (χ3v) is 3.09. The Morgan fingerprint density at radius 3 is 2.44 bits per heavy atom. The van der Waals surface area contributed by atoms with Crippen molar-refractivity contribution < 1.29 is 9.53 Å². The minimum Gasteiger partial charge on any atom is -0.375 e. The Kier molecular flexibility index (Phi) is 5.59. The molecule has 0 unspecified atom stereocenters. The summed E-state index contributed by atoms with van der Waals surface area (Å²) in [5.41, 5.74) is 1.08. The van der Waals surface area contributed by atoms with Crippen LogP contribution in [-0.4, -0.2) is 31.0 Å². The molecule has 1 rings (SSSR count). The molecule has 0 saturated carbocycles. The van der Waals surface area contributed by atoms with Crippen molar-refractivity contribution in [2.75, 3.05) is 14.2 Å². The molecular formula is C15H21NO2. The summed E-state index contributed by atoms with van der Waals surface area (Å²) < 4.78 is 5.53. The molecule has 3 heteroatoms. The highest BCUT2D eigenvalue weighted by molar-refractivity contribution is 5.87. The molecule has 18 heavy (non-hydrogen) atoms. The molecule has 0 aliphatic heterocycles. The van der Waals surface area contributed by atoms with Crippen LogP contribution in [-0.2, 0) is 9.53 Å². The van der Waals surface area contributed by atoms with Crippen LogP contribution in [0.3, 0.4) is 0 Å². The van der Waals surface area contributed by atoms with Gasteiger partial charge in [0.1, 0.15) is 6.10 Å². The zero-order chi connectivity index (χ0) is 13.5. The maximum absolute atomic E-state index is 11.8. The van der Waals surface area contributed by atoms with Crippen molar-refractivity contribution in [2.24, 2.45) is 0 Å². The number of nitrogens with zero attached hydrogens (tertiary/aromatic N) is 1. The topological polar surface area (TPSA) is 29.5 Å². The summed E-state index contributed by atoms with van der Waals surface area (Å²) in [6, 6.07) is 9.91. The normalized spacial score (nSPS) is 14.4. The largest absolute Gasteiger partial charge is 0.375 e. The Morgan fingerprint density at radius 2 is 1.94 bits per heavy atom. The predicted octanol–water partition coefficient (Wildman–Crippen LogP) is 2.80. The lowest BCUT2D eigenvalue weighted by Crippen LogP contribution is -2.38. The molecule has 0 fully saturated rings. The molecule has 0 saturated heterocycles. The van der Waals surface area contributed by atoms with Gasteiger partial charge >= 0.3 is 0 Å². The van der Waals surface area contributed by atoms with E-state index in [4.69, 9.17) is 4.74 Å². The Balaban J connectivity index is 2.86. The van der Waals surface area contributed by atoms with E-state index in [0.717, 1.165) is 5.56 Å². The van der Waals surface area contributed by atoms with Gasteiger partial charge in [-0.3, -0.25) is 4.79 Å². The fourth-order valence-electron chi connectivity index (χ4n) is 1.92. The number of allylic oxidation sites excluding steroid dienone is 1. The SMILES string of the molecule is C/C=C/C(=O)N(C)[C@@H](C)[C@@H](OC)c1ccccc1. The molecule has 2 atom stereocenters. The second-order valence-corrected chi connectivity index (χ2v) is 4.26. The van der Waals surface area contributed by atoms with Crippen molar-refractivity contribution in [2.45, 2.75) is 26.0 Å². The lowest BCUT2D eigenvalue weighted by Gasteiger charge is -2.30. The predicted molar refractivity (Wildman–Crippen MR) is 73.2 cm³/mol. The van der Waals surface area contributed by atoms with Crippen molar-refractivity contribution in [1.29, 1.82) is 0 Å². The van der Waals surface area contributed by atoms with Gasteiger partial charge in [-0.25, -0.2) is 0 Å². The van der Waals surface area contributed by atoms with E-state index in [0.29, 0.717) is 0 Å². The standard InChI is InChI=1S/C15H21NO2/c1-5-9-14(17)16(3)12(2)15(18-4)13-10-7-6-8-11-13/h5-12,15H,1-4H3/b9-5+/t12-,15+/m0/s1. The van der Waals surface area contributed by atoms with E-state index < -0.39 is 0 Å².